The summed E-state index contributed by atoms with van der Waals surface area (Å²) in [5.74, 6) is 0.542. The van der Waals surface area contributed by atoms with Gasteiger partial charge in [-0.05, 0) is 49.1 Å². The number of hydrogen-bond acceptors (Lipinski definition) is 2. The van der Waals surface area contributed by atoms with Gasteiger partial charge in [0.05, 0.1) is 11.0 Å². The van der Waals surface area contributed by atoms with Crippen LogP contribution in [0.1, 0.15) is 30.9 Å². The molecular formula is C18H21N3. The second kappa shape index (κ2) is 5.60. The van der Waals surface area contributed by atoms with Crippen LogP contribution in [0.4, 0.5) is 5.95 Å². The molecule has 0 radical (unpaired) electrons. The van der Waals surface area contributed by atoms with Gasteiger partial charge in [-0.1, -0.05) is 37.6 Å². The quantitative estimate of drug-likeness (QED) is 0.775. The van der Waals surface area contributed by atoms with Crippen LogP contribution in [-0.4, -0.2) is 9.55 Å². The number of rotatable bonds is 4. The second-order valence-electron chi connectivity index (χ2n) is 5.52. The van der Waals surface area contributed by atoms with E-state index in [0.29, 0.717) is 5.95 Å². The Bertz CT molecular complexity index is 754. The molecule has 21 heavy (non-hydrogen) atoms. The molecule has 3 rings (SSSR count). The smallest absolute Gasteiger partial charge is 0.205 e. The van der Waals surface area contributed by atoms with Crippen LogP contribution >= 0.6 is 0 Å². The molecule has 0 saturated heterocycles. The minimum Gasteiger partial charge on any atom is -0.369 e. The van der Waals surface area contributed by atoms with Crippen molar-refractivity contribution < 1.29 is 0 Å². The van der Waals surface area contributed by atoms with E-state index in [0.717, 1.165) is 28.7 Å². The maximum Gasteiger partial charge on any atom is 0.205 e. The van der Waals surface area contributed by atoms with Crippen molar-refractivity contribution in [1.82, 2.24) is 9.55 Å². The Morgan fingerprint density at radius 3 is 2.57 bits per heavy atom. The molecular weight excluding hydrogens is 258 g/mol. The van der Waals surface area contributed by atoms with Crippen molar-refractivity contribution in [2.45, 2.75) is 33.1 Å². The molecule has 0 spiro atoms. The van der Waals surface area contributed by atoms with E-state index in [4.69, 9.17) is 5.73 Å². The first-order chi connectivity index (χ1) is 10.2. The van der Waals surface area contributed by atoms with Crippen LogP contribution < -0.4 is 5.73 Å². The fraction of sp³-hybridized carbons (Fsp3) is 0.278. The number of benzene rings is 2. The molecule has 0 aliphatic carbocycles. The number of imidazole rings is 1. The van der Waals surface area contributed by atoms with E-state index in [1.807, 2.05) is 10.6 Å². The summed E-state index contributed by atoms with van der Waals surface area (Å²) in [7, 11) is 0. The number of fused-ring (bicyclic) bond motifs is 1. The Balaban J connectivity index is 2.04. The predicted molar refractivity (Wildman–Crippen MR) is 88.8 cm³/mol. The van der Waals surface area contributed by atoms with Gasteiger partial charge in [0.15, 0.2) is 0 Å². The van der Waals surface area contributed by atoms with Crippen molar-refractivity contribution in [2.24, 2.45) is 0 Å². The van der Waals surface area contributed by atoms with E-state index < -0.39 is 0 Å². The van der Waals surface area contributed by atoms with E-state index in [9.17, 15) is 0 Å². The number of nitrogens with zero attached hydrogens (tertiary/aromatic N) is 2. The topological polar surface area (TPSA) is 43.8 Å². The number of nitrogen functional groups attached to an aromatic ring is 1. The lowest BCUT2D eigenvalue weighted by Crippen LogP contribution is -2.00. The van der Waals surface area contributed by atoms with Gasteiger partial charge in [-0.3, -0.25) is 4.57 Å². The molecule has 0 bridgehead atoms. The van der Waals surface area contributed by atoms with Gasteiger partial charge in [0.1, 0.15) is 0 Å². The van der Waals surface area contributed by atoms with Gasteiger partial charge in [-0.2, -0.15) is 0 Å². The fourth-order valence-electron chi connectivity index (χ4n) is 2.72. The Kier molecular flexibility index (Phi) is 3.65. The number of anilines is 1. The highest BCUT2D eigenvalue weighted by molar-refractivity contribution is 5.83. The van der Waals surface area contributed by atoms with Gasteiger partial charge in [0, 0.05) is 5.69 Å². The Hall–Kier alpha value is -2.29. The first-order valence-corrected chi connectivity index (χ1v) is 7.53. The summed E-state index contributed by atoms with van der Waals surface area (Å²) in [6, 6.07) is 14.8. The lowest BCUT2D eigenvalue weighted by atomic mass is 10.1. The molecule has 0 aliphatic heterocycles. The average molecular weight is 279 g/mol. The highest BCUT2D eigenvalue weighted by atomic mass is 15.2. The van der Waals surface area contributed by atoms with Crippen molar-refractivity contribution in [3.05, 3.63) is 53.6 Å². The first kappa shape index (κ1) is 13.7. The van der Waals surface area contributed by atoms with Crippen molar-refractivity contribution in [3.8, 4) is 5.69 Å². The van der Waals surface area contributed by atoms with Gasteiger partial charge >= 0.3 is 0 Å². The largest absolute Gasteiger partial charge is 0.369 e. The molecule has 2 N–H and O–H groups in total. The zero-order chi connectivity index (χ0) is 14.8. The normalized spacial score (nSPS) is 11.1. The summed E-state index contributed by atoms with van der Waals surface area (Å²) >= 11 is 0. The SMILES string of the molecule is CCCCc1ccc(-n2c(N)nc3c(C)cccc32)cc1. The molecule has 0 amide bonds. The Morgan fingerprint density at radius 1 is 1.10 bits per heavy atom. The molecule has 3 aromatic rings. The summed E-state index contributed by atoms with van der Waals surface area (Å²) in [5, 5.41) is 0. The van der Waals surface area contributed by atoms with E-state index in [1.54, 1.807) is 0 Å². The van der Waals surface area contributed by atoms with Crippen LogP contribution in [0.2, 0.25) is 0 Å². The third kappa shape index (κ3) is 2.51. The van der Waals surface area contributed by atoms with Crippen LogP contribution in [0.3, 0.4) is 0 Å². The third-order valence-electron chi connectivity index (χ3n) is 3.93. The lowest BCUT2D eigenvalue weighted by Gasteiger charge is -2.08. The lowest BCUT2D eigenvalue weighted by molar-refractivity contribution is 0.795. The van der Waals surface area contributed by atoms with Crippen LogP contribution in [-0.2, 0) is 6.42 Å². The van der Waals surface area contributed by atoms with Crippen molar-refractivity contribution in [3.63, 3.8) is 0 Å². The Morgan fingerprint density at radius 2 is 1.86 bits per heavy atom. The molecule has 0 unspecified atom stereocenters. The standard InChI is InChI=1S/C18H21N3/c1-3-4-7-14-9-11-15(12-10-14)21-16-8-5-6-13(2)17(16)20-18(21)19/h5-6,8-12H,3-4,7H2,1-2H3,(H2,19,20). The van der Waals surface area contributed by atoms with E-state index in [1.165, 1.54) is 18.4 Å². The summed E-state index contributed by atoms with van der Waals surface area (Å²) in [6.07, 6.45) is 3.59. The van der Waals surface area contributed by atoms with Gasteiger partial charge < -0.3 is 5.73 Å². The first-order valence-electron chi connectivity index (χ1n) is 7.53. The number of hydrogen-bond donors (Lipinski definition) is 1. The summed E-state index contributed by atoms with van der Waals surface area (Å²) in [6.45, 7) is 4.28. The molecule has 0 fully saturated rings. The van der Waals surface area contributed by atoms with Gasteiger partial charge in [-0.15, -0.1) is 0 Å². The maximum absolute atomic E-state index is 6.12. The molecule has 0 atom stereocenters. The zero-order valence-electron chi connectivity index (χ0n) is 12.6. The van der Waals surface area contributed by atoms with Crippen LogP contribution in [0, 0.1) is 6.92 Å². The number of aromatic nitrogens is 2. The van der Waals surface area contributed by atoms with Gasteiger partial charge in [0.2, 0.25) is 5.95 Å². The molecule has 0 saturated carbocycles. The highest BCUT2D eigenvalue weighted by Gasteiger charge is 2.11. The van der Waals surface area contributed by atoms with Crippen LogP contribution in [0.5, 0.6) is 0 Å². The maximum atomic E-state index is 6.12. The molecule has 2 aromatic carbocycles. The average Bonchev–Trinajstić information content (AvgIpc) is 2.83. The summed E-state index contributed by atoms with van der Waals surface area (Å²) < 4.78 is 2.02. The Labute approximate surface area is 125 Å². The van der Waals surface area contributed by atoms with Crippen molar-refractivity contribution in [1.29, 1.82) is 0 Å². The number of nitrogens with two attached hydrogens (primary N) is 1. The number of para-hydroxylation sites is 1. The van der Waals surface area contributed by atoms with Gasteiger partial charge in [0.25, 0.3) is 0 Å². The second-order valence-corrected chi connectivity index (χ2v) is 5.52. The van der Waals surface area contributed by atoms with E-state index >= 15 is 0 Å². The van der Waals surface area contributed by atoms with Crippen LogP contribution in [0.15, 0.2) is 42.5 Å². The predicted octanol–water partition coefficient (Wildman–Crippen LogP) is 4.26. The molecule has 108 valence electrons. The summed E-state index contributed by atoms with van der Waals surface area (Å²) in [5.41, 5.74) is 11.8. The third-order valence-corrected chi connectivity index (χ3v) is 3.93. The van der Waals surface area contributed by atoms with Gasteiger partial charge in [-0.25, -0.2) is 4.98 Å². The van der Waals surface area contributed by atoms with E-state index in [2.05, 4.69) is 55.2 Å². The van der Waals surface area contributed by atoms with Crippen molar-refractivity contribution in [2.75, 3.05) is 5.73 Å². The molecule has 1 aromatic heterocycles. The fourth-order valence-corrected chi connectivity index (χ4v) is 2.72. The molecule has 3 nitrogen and oxygen atoms in total. The monoisotopic (exact) mass is 279 g/mol. The molecule has 0 aliphatic rings. The summed E-state index contributed by atoms with van der Waals surface area (Å²) in [4.78, 5) is 4.50. The number of aryl methyl sites for hydroxylation is 2. The molecule has 1 heterocycles. The van der Waals surface area contributed by atoms with Crippen molar-refractivity contribution >= 4 is 17.0 Å². The van der Waals surface area contributed by atoms with Crippen LogP contribution in [0.25, 0.3) is 16.7 Å². The zero-order valence-corrected chi connectivity index (χ0v) is 12.6. The minimum absolute atomic E-state index is 0.542. The minimum atomic E-state index is 0.542. The van der Waals surface area contributed by atoms with E-state index in [-0.39, 0.29) is 0 Å². The highest BCUT2D eigenvalue weighted by Crippen LogP contribution is 2.25. The number of unbranched alkanes of at least 4 members (excludes halogenated alkanes) is 1. The molecule has 3 heteroatoms.